The maximum absolute atomic E-state index is 12.4. The third-order valence-corrected chi connectivity index (χ3v) is 5.83. The van der Waals surface area contributed by atoms with Crippen LogP contribution in [0.1, 0.15) is 42.9 Å². The number of carbonyl (C=O) groups excluding carboxylic acids is 1. The molecule has 2 rings (SSSR count). The van der Waals surface area contributed by atoms with Crippen molar-refractivity contribution in [1.29, 1.82) is 0 Å². The first kappa shape index (κ1) is 21.0. The molecule has 0 aliphatic rings. The van der Waals surface area contributed by atoms with Gasteiger partial charge >= 0.3 is 0 Å². The molecular weight excluding hydrogens is 360 g/mol. The molecule has 1 amide bonds. The van der Waals surface area contributed by atoms with Crippen molar-refractivity contribution in [2.24, 2.45) is 0 Å². The number of nitrogens with one attached hydrogen (secondary N) is 1. The molecule has 0 bridgehead atoms. The van der Waals surface area contributed by atoms with Crippen molar-refractivity contribution in [3.63, 3.8) is 0 Å². The molecular formula is C21H28N2O3S. The topological polar surface area (TPSA) is 66.5 Å². The average molecular weight is 389 g/mol. The fraction of sp³-hybridized carbons (Fsp3) is 0.381. The predicted octanol–water partition coefficient (Wildman–Crippen LogP) is 4.22. The Morgan fingerprint density at radius 2 is 1.74 bits per heavy atom. The normalized spacial score (nSPS) is 11.5. The Bertz CT molecular complexity index is 921. The first-order valence-corrected chi connectivity index (χ1v) is 10.9. The Morgan fingerprint density at radius 1 is 1.07 bits per heavy atom. The summed E-state index contributed by atoms with van der Waals surface area (Å²) in [5, 5.41) is 2.89. The van der Waals surface area contributed by atoms with Gasteiger partial charge in [-0.05, 0) is 48.6 Å². The minimum atomic E-state index is -3.50. The van der Waals surface area contributed by atoms with Crippen LogP contribution < -0.4 is 9.62 Å². The molecule has 0 unspecified atom stereocenters. The van der Waals surface area contributed by atoms with E-state index >= 15 is 0 Å². The van der Waals surface area contributed by atoms with Crippen LogP contribution in [0.25, 0.3) is 0 Å². The summed E-state index contributed by atoms with van der Waals surface area (Å²) in [6.45, 7) is 8.07. The van der Waals surface area contributed by atoms with E-state index in [1.54, 1.807) is 6.07 Å². The lowest BCUT2D eigenvalue weighted by Gasteiger charge is -2.26. The summed E-state index contributed by atoms with van der Waals surface area (Å²) >= 11 is 0. The second-order valence-corrected chi connectivity index (χ2v) is 9.00. The van der Waals surface area contributed by atoms with Gasteiger partial charge in [-0.3, -0.25) is 9.10 Å². The number of benzene rings is 2. The SMILES string of the molecule is Cc1cccc(NC(=O)CCN(c2ccccc2C(C)C)S(C)(=O)=O)c1C. The van der Waals surface area contributed by atoms with Gasteiger partial charge in [-0.15, -0.1) is 0 Å². The number of sulfonamides is 1. The Morgan fingerprint density at radius 3 is 2.37 bits per heavy atom. The number of anilines is 2. The number of nitrogens with zero attached hydrogens (tertiary/aromatic N) is 1. The van der Waals surface area contributed by atoms with Gasteiger partial charge in [0.05, 0.1) is 11.9 Å². The zero-order chi connectivity index (χ0) is 20.2. The van der Waals surface area contributed by atoms with E-state index in [0.29, 0.717) is 5.69 Å². The molecule has 1 N–H and O–H groups in total. The minimum Gasteiger partial charge on any atom is -0.326 e. The molecule has 0 aromatic heterocycles. The van der Waals surface area contributed by atoms with Crippen molar-refractivity contribution >= 4 is 27.3 Å². The van der Waals surface area contributed by atoms with Crippen molar-refractivity contribution in [1.82, 2.24) is 0 Å². The summed E-state index contributed by atoms with van der Waals surface area (Å²) in [5.41, 5.74) is 4.44. The van der Waals surface area contributed by atoms with Gasteiger partial charge in [-0.25, -0.2) is 8.42 Å². The van der Waals surface area contributed by atoms with Crippen LogP contribution in [0.3, 0.4) is 0 Å². The molecule has 146 valence electrons. The molecule has 0 atom stereocenters. The molecule has 0 aliphatic carbocycles. The molecule has 0 fully saturated rings. The van der Waals surface area contributed by atoms with Crippen LogP contribution in [-0.2, 0) is 14.8 Å². The average Bonchev–Trinajstić information content (AvgIpc) is 2.58. The molecule has 0 saturated heterocycles. The molecule has 0 radical (unpaired) electrons. The van der Waals surface area contributed by atoms with Gasteiger partial charge in [0, 0.05) is 18.7 Å². The zero-order valence-corrected chi connectivity index (χ0v) is 17.4. The summed E-state index contributed by atoms with van der Waals surface area (Å²) in [6, 6.07) is 13.1. The number of rotatable bonds is 7. The predicted molar refractivity (Wildman–Crippen MR) is 112 cm³/mol. The molecule has 2 aromatic rings. The van der Waals surface area contributed by atoms with Crippen molar-refractivity contribution in [3.05, 3.63) is 59.2 Å². The van der Waals surface area contributed by atoms with E-state index in [4.69, 9.17) is 0 Å². The fourth-order valence-electron chi connectivity index (χ4n) is 2.97. The van der Waals surface area contributed by atoms with Crippen LogP contribution in [0.15, 0.2) is 42.5 Å². The van der Waals surface area contributed by atoms with Gasteiger partial charge in [0.25, 0.3) is 0 Å². The molecule has 0 spiro atoms. The highest BCUT2D eigenvalue weighted by molar-refractivity contribution is 7.92. The minimum absolute atomic E-state index is 0.0763. The maximum Gasteiger partial charge on any atom is 0.232 e. The van der Waals surface area contributed by atoms with E-state index in [1.165, 1.54) is 10.6 Å². The van der Waals surface area contributed by atoms with Crippen molar-refractivity contribution in [2.45, 2.75) is 40.0 Å². The quantitative estimate of drug-likeness (QED) is 0.772. The van der Waals surface area contributed by atoms with Crippen LogP contribution in [-0.4, -0.2) is 27.1 Å². The number of hydrogen-bond donors (Lipinski definition) is 1. The fourth-order valence-corrected chi connectivity index (χ4v) is 3.92. The second kappa shape index (κ2) is 8.57. The zero-order valence-electron chi connectivity index (χ0n) is 16.6. The number of hydrogen-bond acceptors (Lipinski definition) is 3. The van der Waals surface area contributed by atoms with Crippen molar-refractivity contribution < 1.29 is 13.2 Å². The van der Waals surface area contributed by atoms with Gasteiger partial charge in [-0.2, -0.15) is 0 Å². The monoisotopic (exact) mass is 388 g/mol. The summed E-state index contributed by atoms with van der Waals surface area (Å²) < 4.78 is 26.1. The summed E-state index contributed by atoms with van der Waals surface area (Å²) in [5.74, 6) is -0.0337. The Labute approximate surface area is 162 Å². The molecule has 2 aromatic carbocycles. The van der Waals surface area contributed by atoms with Crippen LogP contribution in [0, 0.1) is 13.8 Å². The lowest BCUT2D eigenvalue weighted by Crippen LogP contribution is -2.33. The highest BCUT2D eigenvalue weighted by Crippen LogP contribution is 2.29. The van der Waals surface area contributed by atoms with Crippen molar-refractivity contribution in [2.75, 3.05) is 22.4 Å². The third-order valence-electron chi connectivity index (χ3n) is 4.65. The van der Waals surface area contributed by atoms with E-state index in [0.717, 1.165) is 22.4 Å². The van der Waals surface area contributed by atoms with Crippen molar-refractivity contribution in [3.8, 4) is 0 Å². The highest BCUT2D eigenvalue weighted by atomic mass is 32.2. The van der Waals surface area contributed by atoms with E-state index in [2.05, 4.69) is 5.32 Å². The van der Waals surface area contributed by atoms with E-state index in [-0.39, 0.29) is 24.8 Å². The van der Waals surface area contributed by atoms with Gasteiger partial charge in [-0.1, -0.05) is 44.2 Å². The van der Waals surface area contributed by atoms with Gasteiger partial charge in [0.1, 0.15) is 0 Å². The van der Waals surface area contributed by atoms with E-state index in [1.807, 2.05) is 64.1 Å². The molecule has 0 aliphatic heterocycles. The summed E-state index contributed by atoms with van der Waals surface area (Å²) in [4.78, 5) is 12.4. The molecule has 5 nitrogen and oxygen atoms in total. The molecule has 0 heterocycles. The van der Waals surface area contributed by atoms with Gasteiger partial charge < -0.3 is 5.32 Å². The van der Waals surface area contributed by atoms with Crippen LogP contribution in [0.4, 0.5) is 11.4 Å². The Balaban J connectivity index is 2.19. The number of amides is 1. The largest absolute Gasteiger partial charge is 0.326 e. The van der Waals surface area contributed by atoms with E-state index < -0.39 is 10.0 Å². The van der Waals surface area contributed by atoms with E-state index in [9.17, 15) is 13.2 Å². The number of carbonyl (C=O) groups is 1. The van der Waals surface area contributed by atoms with Crippen LogP contribution in [0.2, 0.25) is 0 Å². The second-order valence-electron chi connectivity index (χ2n) is 7.09. The Hall–Kier alpha value is -2.34. The first-order valence-electron chi connectivity index (χ1n) is 9.04. The number of aryl methyl sites for hydroxylation is 1. The van der Waals surface area contributed by atoms with Crippen LogP contribution >= 0.6 is 0 Å². The maximum atomic E-state index is 12.4. The number of para-hydroxylation sites is 1. The van der Waals surface area contributed by atoms with Gasteiger partial charge in [0.2, 0.25) is 15.9 Å². The summed E-state index contributed by atoms with van der Waals surface area (Å²) in [7, 11) is -3.50. The highest BCUT2D eigenvalue weighted by Gasteiger charge is 2.22. The van der Waals surface area contributed by atoms with Gasteiger partial charge in [0.15, 0.2) is 0 Å². The summed E-state index contributed by atoms with van der Waals surface area (Å²) in [6.07, 6.45) is 1.25. The Kier molecular flexibility index (Phi) is 6.65. The molecule has 27 heavy (non-hydrogen) atoms. The lowest BCUT2D eigenvalue weighted by atomic mass is 10.0. The third kappa shape index (κ3) is 5.32. The molecule has 6 heteroatoms. The smallest absolute Gasteiger partial charge is 0.232 e. The lowest BCUT2D eigenvalue weighted by molar-refractivity contribution is -0.116. The standard InChI is InChI=1S/C21H28N2O3S/c1-15(2)18-10-6-7-12-20(18)23(27(5,25)26)14-13-21(24)22-19-11-8-9-16(3)17(19)4/h6-12,15H,13-14H2,1-5H3,(H,22,24). The molecule has 0 saturated carbocycles. The van der Waals surface area contributed by atoms with Crippen LogP contribution in [0.5, 0.6) is 0 Å². The first-order chi connectivity index (χ1) is 12.6.